The van der Waals surface area contributed by atoms with Crippen LogP contribution < -0.4 is 16.6 Å². The van der Waals surface area contributed by atoms with Crippen molar-refractivity contribution in [2.24, 2.45) is 10.8 Å². The molecule has 0 amide bonds. The smallest absolute Gasteiger partial charge is 0.210 e. The number of hydrogen-bond acceptors (Lipinski definition) is 3. The Morgan fingerprint density at radius 3 is 2.78 bits per heavy atom. The van der Waals surface area contributed by atoms with Gasteiger partial charge >= 0.3 is 0 Å². The molecule has 0 aliphatic heterocycles. The molecule has 0 aliphatic carbocycles. The molecule has 18 heavy (non-hydrogen) atoms. The van der Waals surface area contributed by atoms with E-state index in [1.165, 1.54) is 6.07 Å². The summed E-state index contributed by atoms with van der Waals surface area (Å²) < 4.78 is 31.0. The maximum absolute atomic E-state index is 13.4. The Labute approximate surface area is 104 Å². The van der Waals surface area contributed by atoms with Gasteiger partial charge in [0, 0.05) is 13.2 Å². The lowest BCUT2D eigenvalue weighted by atomic mass is 10.3. The van der Waals surface area contributed by atoms with Crippen LogP contribution in [0.5, 0.6) is 0 Å². The second-order valence-electron chi connectivity index (χ2n) is 3.68. The zero-order valence-corrected chi connectivity index (χ0v) is 10.2. The van der Waals surface area contributed by atoms with Gasteiger partial charge < -0.3 is 10.1 Å². The number of ether oxygens (including phenoxy) is 1. The Balaban J connectivity index is 2.79. The maximum atomic E-state index is 13.4. The summed E-state index contributed by atoms with van der Waals surface area (Å²) in [5.41, 5.74) is 2.39. The second kappa shape index (κ2) is 6.87. The molecule has 1 rings (SSSR count). The standard InChI is InChI=1S/C11H16F2N4O/c1-7(6-18-2)15-11(17-14)16-10-4-3-8(12)5-9(10)13/h3-5,7H,6,14H2,1-2H3,(H2,15,16,17). The lowest BCUT2D eigenvalue weighted by Gasteiger charge is -2.12. The summed E-state index contributed by atoms with van der Waals surface area (Å²) in [6.45, 7) is 2.21. The molecule has 0 radical (unpaired) electrons. The summed E-state index contributed by atoms with van der Waals surface area (Å²) >= 11 is 0. The molecule has 1 unspecified atom stereocenters. The Kier molecular flexibility index (Phi) is 5.47. The van der Waals surface area contributed by atoms with Crippen LogP contribution in [0.1, 0.15) is 6.92 Å². The molecule has 0 saturated carbocycles. The largest absolute Gasteiger partial charge is 0.382 e. The van der Waals surface area contributed by atoms with E-state index in [0.717, 1.165) is 12.1 Å². The number of benzene rings is 1. The molecule has 1 atom stereocenters. The van der Waals surface area contributed by atoms with Gasteiger partial charge in [0.15, 0.2) is 0 Å². The summed E-state index contributed by atoms with van der Waals surface area (Å²) in [5, 5.41) is 2.63. The Morgan fingerprint density at radius 2 is 2.22 bits per heavy atom. The van der Waals surface area contributed by atoms with Crippen LogP contribution in [0.15, 0.2) is 23.2 Å². The summed E-state index contributed by atoms with van der Waals surface area (Å²) in [6.07, 6.45) is 0. The van der Waals surface area contributed by atoms with Crippen molar-refractivity contribution < 1.29 is 13.5 Å². The van der Waals surface area contributed by atoms with Crippen LogP contribution in [0.3, 0.4) is 0 Å². The number of nitrogens with zero attached hydrogens (tertiary/aromatic N) is 1. The van der Waals surface area contributed by atoms with Crippen LogP contribution >= 0.6 is 0 Å². The van der Waals surface area contributed by atoms with Gasteiger partial charge in [0.25, 0.3) is 0 Å². The highest BCUT2D eigenvalue weighted by Gasteiger charge is 2.07. The highest BCUT2D eigenvalue weighted by atomic mass is 19.1. The fourth-order valence-electron chi connectivity index (χ4n) is 1.32. The third-order valence-corrected chi connectivity index (χ3v) is 2.08. The molecular weight excluding hydrogens is 242 g/mol. The van der Waals surface area contributed by atoms with Crippen molar-refractivity contribution in [3.05, 3.63) is 29.8 Å². The number of guanidine groups is 1. The fourth-order valence-corrected chi connectivity index (χ4v) is 1.32. The molecule has 0 spiro atoms. The average molecular weight is 258 g/mol. The van der Waals surface area contributed by atoms with Crippen molar-refractivity contribution in [3.63, 3.8) is 0 Å². The van der Waals surface area contributed by atoms with E-state index in [4.69, 9.17) is 10.6 Å². The van der Waals surface area contributed by atoms with E-state index in [1.54, 1.807) is 7.11 Å². The van der Waals surface area contributed by atoms with Crippen molar-refractivity contribution >= 4 is 11.6 Å². The summed E-state index contributed by atoms with van der Waals surface area (Å²) in [7, 11) is 1.55. The van der Waals surface area contributed by atoms with Gasteiger partial charge in [-0.25, -0.2) is 19.6 Å². The molecule has 0 heterocycles. The first-order chi connectivity index (χ1) is 8.56. The number of halogens is 2. The van der Waals surface area contributed by atoms with Gasteiger partial charge in [0.1, 0.15) is 11.6 Å². The number of aliphatic imine (C=N–C) groups is 1. The Hall–Kier alpha value is -1.73. The van der Waals surface area contributed by atoms with Crippen LogP contribution in [0.2, 0.25) is 0 Å². The maximum Gasteiger partial charge on any atom is 0.210 e. The lowest BCUT2D eigenvalue weighted by Crippen LogP contribution is -2.37. The van der Waals surface area contributed by atoms with Crippen LogP contribution in [0.25, 0.3) is 0 Å². The van der Waals surface area contributed by atoms with Gasteiger partial charge in [-0.05, 0) is 19.1 Å². The molecule has 100 valence electrons. The molecule has 0 fully saturated rings. The van der Waals surface area contributed by atoms with Crippen LogP contribution in [-0.4, -0.2) is 25.7 Å². The van der Waals surface area contributed by atoms with Crippen molar-refractivity contribution in [2.75, 3.05) is 19.0 Å². The minimum Gasteiger partial charge on any atom is -0.382 e. The van der Waals surface area contributed by atoms with Gasteiger partial charge in [0.2, 0.25) is 5.96 Å². The van der Waals surface area contributed by atoms with Crippen LogP contribution in [0.4, 0.5) is 14.5 Å². The number of nitrogens with two attached hydrogens (primary N) is 1. The molecule has 5 nitrogen and oxygen atoms in total. The quantitative estimate of drug-likeness (QED) is 0.329. The van der Waals surface area contributed by atoms with E-state index in [0.29, 0.717) is 6.61 Å². The predicted molar refractivity (Wildman–Crippen MR) is 66.1 cm³/mol. The Morgan fingerprint density at radius 1 is 1.50 bits per heavy atom. The first-order valence-corrected chi connectivity index (χ1v) is 5.32. The minimum absolute atomic E-state index is 0.0812. The van der Waals surface area contributed by atoms with Crippen molar-refractivity contribution in [1.29, 1.82) is 0 Å². The van der Waals surface area contributed by atoms with Crippen molar-refractivity contribution in [1.82, 2.24) is 5.43 Å². The van der Waals surface area contributed by atoms with Crippen LogP contribution in [-0.2, 0) is 4.74 Å². The number of hydrogen-bond donors (Lipinski definition) is 3. The van der Waals surface area contributed by atoms with Crippen molar-refractivity contribution in [2.45, 2.75) is 13.0 Å². The lowest BCUT2D eigenvalue weighted by molar-refractivity contribution is 0.185. The average Bonchev–Trinajstić information content (AvgIpc) is 2.31. The summed E-state index contributed by atoms with van der Waals surface area (Å²) in [5.74, 6) is 4.06. The summed E-state index contributed by atoms with van der Waals surface area (Å²) in [4.78, 5) is 4.13. The first-order valence-electron chi connectivity index (χ1n) is 5.32. The molecule has 1 aromatic carbocycles. The number of hydrazine groups is 1. The van der Waals surface area contributed by atoms with Crippen LogP contribution in [0, 0.1) is 11.6 Å². The zero-order chi connectivity index (χ0) is 13.5. The first kappa shape index (κ1) is 14.3. The van der Waals surface area contributed by atoms with E-state index in [-0.39, 0.29) is 17.7 Å². The number of methoxy groups -OCH3 is 1. The third kappa shape index (κ3) is 4.27. The monoisotopic (exact) mass is 258 g/mol. The highest BCUT2D eigenvalue weighted by molar-refractivity contribution is 5.93. The molecule has 1 aromatic rings. The van der Waals surface area contributed by atoms with E-state index < -0.39 is 11.6 Å². The summed E-state index contributed by atoms with van der Waals surface area (Å²) in [6, 6.07) is 3.02. The second-order valence-corrected chi connectivity index (χ2v) is 3.68. The molecule has 0 aromatic heterocycles. The van der Waals surface area contributed by atoms with Gasteiger partial charge in [-0.3, -0.25) is 5.43 Å². The molecule has 0 bridgehead atoms. The van der Waals surface area contributed by atoms with E-state index in [9.17, 15) is 8.78 Å². The molecule has 4 N–H and O–H groups in total. The van der Waals surface area contributed by atoms with Gasteiger partial charge in [-0.2, -0.15) is 0 Å². The fraction of sp³-hybridized carbons (Fsp3) is 0.364. The topological polar surface area (TPSA) is 71.7 Å². The van der Waals surface area contributed by atoms with Gasteiger partial charge in [-0.1, -0.05) is 0 Å². The Bertz CT molecular complexity index is 426. The number of rotatable bonds is 4. The zero-order valence-electron chi connectivity index (χ0n) is 10.2. The van der Waals surface area contributed by atoms with E-state index in [1.807, 2.05) is 6.92 Å². The number of anilines is 1. The molecular formula is C11H16F2N4O. The van der Waals surface area contributed by atoms with Gasteiger partial charge in [-0.15, -0.1) is 0 Å². The highest BCUT2D eigenvalue weighted by Crippen LogP contribution is 2.14. The van der Waals surface area contributed by atoms with Gasteiger partial charge in [0.05, 0.1) is 18.3 Å². The SMILES string of the molecule is COCC(C)N=C(NN)Nc1ccc(F)cc1F. The minimum atomic E-state index is -0.725. The molecule has 0 aliphatic rings. The predicted octanol–water partition coefficient (Wildman–Crippen LogP) is 1.23. The van der Waals surface area contributed by atoms with E-state index in [2.05, 4.69) is 15.7 Å². The number of nitrogens with one attached hydrogen (secondary N) is 2. The normalized spacial score (nSPS) is 13.3. The molecule has 0 saturated heterocycles. The van der Waals surface area contributed by atoms with Crippen molar-refractivity contribution in [3.8, 4) is 0 Å². The third-order valence-electron chi connectivity index (χ3n) is 2.08. The molecule has 7 heteroatoms. The van der Waals surface area contributed by atoms with E-state index >= 15 is 0 Å².